The maximum atomic E-state index is 6.20. The zero-order valence-electron chi connectivity index (χ0n) is 17.1. The van der Waals surface area contributed by atoms with Crippen LogP contribution in [0.15, 0.2) is 91.0 Å². The third-order valence-electron chi connectivity index (χ3n) is 4.79. The summed E-state index contributed by atoms with van der Waals surface area (Å²) in [4.78, 5) is 0. The smallest absolute Gasteiger partial charge is 0.373 e. The zero-order valence-corrected chi connectivity index (χ0v) is 18.1. The highest BCUT2D eigenvalue weighted by Gasteiger charge is 2.34. The Hall–Kier alpha value is -2.24. The van der Waals surface area contributed by atoms with E-state index in [-0.39, 0.29) is 0 Å². The van der Waals surface area contributed by atoms with E-state index >= 15 is 0 Å². The Bertz CT molecular complexity index is 698. The van der Waals surface area contributed by atoms with E-state index < -0.39 is 8.80 Å². The molecule has 0 amide bonds. The molecule has 0 heterocycles. The maximum absolute atomic E-state index is 6.20. The third-order valence-corrected chi connectivity index (χ3v) is 6.98. The van der Waals surface area contributed by atoms with Gasteiger partial charge in [0.2, 0.25) is 0 Å². The Morgan fingerprint density at radius 2 is 0.759 bits per heavy atom. The fraction of sp³-hybridized carbons (Fsp3) is 0.280. The van der Waals surface area contributed by atoms with E-state index in [2.05, 4.69) is 72.8 Å². The SMILES string of the molecule is C[Si](OCCc1ccccc1)(OCCc1ccccc1)OCCc1ccccc1. The van der Waals surface area contributed by atoms with Crippen LogP contribution in [-0.4, -0.2) is 28.6 Å². The average molecular weight is 407 g/mol. The van der Waals surface area contributed by atoms with Gasteiger partial charge in [-0.25, -0.2) is 0 Å². The van der Waals surface area contributed by atoms with Crippen molar-refractivity contribution in [2.24, 2.45) is 0 Å². The van der Waals surface area contributed by atoms with Gasteiger partial charge < -0.3 is 13.3 Å². The predicted molar refractivity (Wildman–Crippen MR) is 120 cm³/mol. The standard InChI is InChI=1S/C25H30O3Si/c1-29(26-20-17-23-11-5-2-6-12-23,27-21-18-24-13-7-3-8-14-24)28-22-19-25-15-9-4-10-16-25/h2-16H,17-22H2,1H3. The van der Waals surface area contributed by atoms with Gasteiger partial charge in [-0.05, 0) is 36.0 Å². The number of benzene rings is 3. The Labute approximate surface area is 175 Å². The summed E-state index contributed by atoms with van der Waals surface area (Å²) in [5.74, 6) is 0. The average Bonchev–Trinajstić information content (AvgIpc) is 2.76. The van der Waals surface area contributed by atoms with E-state index in [1.54, 1.807) is 0 Å². The van der Waals surface area contributed by atoms with Crippen molar-refractivity contribution in [3.63, 3.8) is 0 Å². The first kappa shape index (κ1) is 21.5. The van der Waals surface area contributed by atoms with E-state index in [1.165, 1.54) is 16.7 Å². The zero-order chi connectivity index (χ0) is 20.2. The van der Waals surface area contributed by atoms with Crippen molar-refractivity contribution >= 4 is 8.80 Å². The molecule has 3 rings (SSSR count). The van der Waals surface area contributed by atoms with Gasteiger partial charge in [-0.2, -0.15) is 0 Å². The van der Waals surface area contributed by atoms with Gasteiger partial charge in [-0.1, -0.05) is 91.0 Å². The summed E-state index contributed by atoms with van der Waals surface area (Å²) >= 11 is 0. The highest BCUT2D eigenvalue weighted by atomic mass is 28.4. The second kappa shape index (κ2) is 11.7. The summed E-state index contributed by atoms with van der Waals surface area (Å²) in [6.07, 6.45) is 2.56. The molecule has 0 aliphatic rings. The van der Waals surface area contributed by atoms with Gasteiger partial charge in [0.1, 0.15) is 0 Å². The second-order valence-corrected chi connectivity index (χ2v) is 9.71. The van der Waals surface area contributed by atoms with E-state index in [0.717, 1.165) is 19.3 Å². The normalized spacial score (nSPS) is 11.5. The summed E-state index contributed by atoms with van der Waals surface area (Å²) in [6.45, 7) is 3.81. The molecule has 3 aromatic rings. The van der Waals surface area contributed by atoms with Crippen molar-refractivity contribution in [2.45, 2.75) is 25.8 Å². The van der Waals surface area contributed by atoms with Crippen LogP contribution in [0.25, 0.3) is 0 Å². The van der Waals surface area contributed by atoms with E-state index in [1.807, 2.05) is 24.7 Å². The molecular weight excluding hydrogens is 376 g/mol. The van der Waals surface area contributed by atoms with Crippen molar-refractivity contribution in [1.29, 1.82) is 0 Å². The third kappa shape index (κ3) is 7.95. The molecule has 3 aromatic carbocycles. The highest BCUT2D eigenvalue weighted by molar-refractivity contribution is 6.59. The summed E-state index contributed by atoms with van der Waals surface area (Å²) in [6, 6.07) is 31.1. The van der Waals surface area contributed by atoms with Gasteiger partial charge in [0, 0.05) is 26.4 Å². The Morgan fingerprint density at radius 1 is 0.483 bits per heavy atom. The monoisotopic (exact) mass is 406 g/mol. The molecule has 0 fully saturated rings. The largest absolute Gasteiger partial charge is 0.497 e. The summed E-state index contributed by atoms with van der Waals surface area (Å²) < 4.78 is 18.6. The molecule has 0 saturated heterocycles. The second-order valence-electron chi connectivity index (χ2n) is 7.11. The number of hydrogen-bond donors (Lipinski definition) is 0. The van der Waals surface area contributed by atoms with Crippen molar-refractivity contribution in [3.8, 4) is 0 Å². The van der Waals surface area contributed by atoms with Crippen LogP contribution in [0.1, 0.15) is 16.7 Å². The van der Waals surface area contributed by atoms with Gasteiger partial charge in [-0.15, -0.1) is 0 Å². The van der Waals surface area contributed by atoms with Crippen LogP contribution in [-0.2, 0) is 32.5 Å². The Morgan fingerprint density at radius 3 is 1.03 bits per heavy atom. The molecule has 29 heavy (non-hydrogen) atoms. The molecule has 0 bridgehead atoms. The lowest BCUT2D eigenvalue weighted by Crippen LogP contribution is -2.44. The molecule has 3 nitrogen and oxygen atoms in total. The lowest BCUT2D eigenvalue weighted by Gasteiger charge is -2.26. The van der Waals surface area contributed by atoms with Gasteiger partial charge in [-0.3, -0.25) is 0 Å². The van der Waals surface area contributed by atoms with Crippen LogP contribution in [0.2, 0.25) is 6.55 Å². The molecule has 0 atom stereocenters. The number of hydrogen-bond acceptors (Lipinski definition) is 3. The fourth-order valence-corrected chi connectivity index (χ4v) is 4.79. The van der Waals surface area contributed by atoms with Crippen LogP contribution in [0.5, 0.6) is 0 Å². The molecule has 0 N–H and O–H groups in total. The number of rotatable bonds is 12. The van der Waals surface area contributed by atoms with Crippen LogP contribution in [0.4, 0.5) is 0 Å². The van der Waals surface area contributed by atoms with Crippen LogP contribution in [0, 0.1) is 0 Å². The molecule has 0 unspecified atom stereocenters. The van der Waals surface area contributed by atoms with Crippen molar-refractivity contribution in [2.75, 3.05) is 19.8 Å². The Kier molecular flexibility index (Phi) is 8.65. The molecule has 0 saturated carbocycles. The summed E-state index contributed by atoms with van der Waals surface area (Å²) in [5, 5.41) is 0. The molecule has 152 valence electrons. The molecule has 0 aliphatic heterocycles. The quantitative estimate of drug-likeness (QED) is 0.380. The summed E-state index contributed by atoms with van der Waals surface area (Å²) in [7, 11) is -2.71. The minimum atomic E-state index is -2.71. The topological polar surface area (TPSA) is 27.7 Å². The first-order valence-corrected chi connectivity index (χ1v) is 12.5. The molecule has 0 spiro atoms. The molecule has 4 heteroatoms. The highest BCUT2D eigenvalue weighted by Crippen LogP contribution is 2.13. The van der Waals surface area contributed by atoms with Gasteiger partial charge >= 0.3 is 8.80 Å². The predicted octanol–water partition coefficient (Wildman–Crippen LogP) is 5.33. The minimum Gasteiger partial charge on any atom is -0.373 e. The van der Waals surface area contributed by atoms with Crippen molar-refractivity contribution < 1.29 is 13.3 Å². The minimum absolute atomic E-state index is 0.601. The van der Waals surface area contributed by atoms with Gasteiger partial charge in [0.05, 0.1) is 0 Å². The lowest BCUT2D eigenvalue weighted by molar-refractivity contribution is 0.0682. The van der Waals surface area contributed by atoms with Gasteiger partial charge in [0.15, 0.2) is 0 Å². The Balaban J connectivity index is 1.51. The maximum Gasteiger partial charge on any atom is 0.497 e. The van der Waals surface area contributed by atoms with Crippen LogP contribution < -0.4 is 0 Å². The molecule has 0 aromatic heterocycles. The van der Waals surface area contributed by atoms with E-state index in [9.17, 15) is 0 Å². The first-order chi connectivity index (χ1) is 14.2. The van der Waals surface area contributed by atoms with E-state index in [0.29, 0.717) is 19.8 Å². The molecule has 0 aliphatic carbocycles. The van der Waals surface area contributed by atoms with E-state index in [4.69, 9.17) is 13.3 Å². The van der Waals surface area contributed by atoms with Crippen LogP contribution >= 0.6 is 0 Å². The molecular formula is C25H30O3Si. The lowest BCUT2D eigenvalue weighted by atomic mass is 10.2. The van der Waals surface area contributed by atoms with Crippen molar-refractivity contribution in [1.82, 2.24) is 0 Å². The summed E-state index contributed by atoms with van der Waals surface area (Å²) in [5.41, 5.74) is 3.78. The van der Waals surface area contributed by atoms with Crippen molar-refractivity contribution in [3.05, 3.63) is 108 Å². The fourth-order valence-electron chi connectivity index (χ4n) is 3.12. The van der Waals surface area contributed by atoms with Gasteiger partial charge in [0.25, 0.3) is 0 Å². The first-order valence-electron chi connectivity index (χ1n) is 10.3. The molecule has 0 radical (unpaired) electrons. The van der Waals surface area contributed by atoms with Crippen LogP contribution in [0.3, 0.4) is 0 Å².